The fraction of sp³-hybridized carbons (Fsp3) is 1.00. The fourth-order valence-electron chi connectivity index (χ4n) is 2.35. The van der Waals surface area contributed by atoms with Crippen molar-refractivity contribution in [1.82, 2.24) is 10.2 Å². The van der Waals surface area contributed by atoms with E-state index in [1.54, 1.807) is 0 Å². The molecule has 2 unspecified atom stereocenters. The number of piperazine rings is 1. The van der Waals surface area contributed by atoms with Gasteiger partial charge < -0.3 is 10.2 Å². The lowest BCUT2D eigenvalue weighted by Crippen LogP contribution is -2.54. The van der Waals surface area contributed by atoms with Gasteiger partial charge in [-0.15, -0.1) is 0 Å². The Kier molecular flexibility index (Phi) is 4.90. The van der Waals surface area contributed by atoms with Crippen LogP contribution in [0.3, 0.4) is 0 Å². The first-order chi connectivity index (χ1) is 6.58. The van der Waals surface area contributed by atoms with Crippen molar-refractivity contribution in [2.24, 2.45) is 5.92 Å². The molecule has 1 saturated heterocycles. The van der Waals surface area contributed by atoms with Crippen LogP contribution < -0.4 is 5.32 Å². The third kappa shape index (κ3) is 4.43. The highest BCUT2D eigenvalue weighted by Gasteiger charge is 2.19. The summed E-state index contributed by atoms with van der Waals surface area (Å²) < 4.78 is 0. The molecule has 0 spiro atoms. The van der Waals surface area contributed by atoms with Crippen LogP contribution in [0.25, 0.3) is 0 Å². The second kappa shape index (κ2) is 5.72. The molecule has 0 aromatic carbocycles. The maximum absolute atomic E-state index is 3.57. The Bertz CT molecular complexity index is 146. The second-order valence-electron chi connectivity index (χ2n) is 5.26. The Hall–Kier alpha value is -0.0800. The van der Waals surface area contributed by atoms with Gasteiger partial charge in [-0.05, 0) is 39.2 Å². The van der Waals surface area contributed by atoms with Crippen molar-refractivity contribution < 1.29 is 0 Å². The second-order valence-corrected chi connectivity index (χ2v) is 5.26. The summed E-state index contributed by atoms with van der Waals surface area (Å²) in [5, 5.41) is 3.57. The summed E-state index contributed by atoms with van der Waals surface area (Å²) in [6.45, 7) is 12.9. The average molecular weight is 198 g/mol. The predicted molar refractivity (Wildman–Crippen MR) is 62.6 cm³/mol. The van der Waals surface area contributed by atoms with Crippen LogP contribution in [0.15, 0.2) is 0 Å². The monoisotopic (exact) mass is 198 g/mol. The van der Waals surface area contributed by atoms with E-state index < -0.39 is 0 Å². The quantitative estimate of drug-likeness (QED) is 0.744. The van der Waals surface area contributed by atoms with E-state index in [9.17, 15) is 0 Å². The first-order valence-corrected chi connectivity index (χ1v) is 6.06. The summed E-state index contributed by atoms with van der Waals surface area (Å²) in [5.74, 6) is 0.854. The topological polar surface area (TPSA) is 15.3 Å². The maximum Gasteiger partial charge on any atom is 0.0169 e. The third-order valence-electron chi connectivity index (χ3n) is 2.89. The summed E-state index contributed by atoms with van der Waals surface area (Å²) in [5.41, 5.74) is 0. The van der Waals surface area contributed by atoms with E-state index in [0.717, 1.165) is 5.92 Å². The zero-order valence-corrected chi connectivity index (χ0v) is 10.2. The van der Waals surface area contributed by atoms with Gasteiger partial charge in [-0.1, -0.05) is 13.8 Å². The molecule has 0 aromatic heterocycles. The molecule has 1 fully saturated rings. The number of rotatable bonds is 4. The standard InChI is InChI=1S/C12H26N2/c1-10(2)6-5-7-14-8-11(3)13-12(4)9-14/h10-13H,5-9H2,1-4H3. The zero-order chi connectivity index (χ0) is 10.6. The van der Waals surface area contributed by atoms with Crippen molar-refractivity contribution >= 4 is 0 Å². The predicted octanol–water partition coefficient (Wildman–Crippen LogP) is 2.10. The summed E-state index contributed by atoms with van der Waals surface area (Å²) in [7, 11) is 0. The summed E-state index contributed by atoms with van der Waals surface area (Å²) in [6, 6.07) is 1.33. The van der Waals surface area contributed by atoms with E-state index in [-0.39, 0.29) is 0 Å². The van der Waals surface area contributed by atoms with Gasteiger partial charge in [0.05, 0.1) is 0 Å². The van der Waals surface area contributed by atoms with Crippen molar-refractivity contribution in [2.45, 2.75) is 52.6 Å². The first kappa shape index (κ1) is 12.0. The third-order valence-corrected chi connectivity index (χ3v) is 2.89. The maximum atomic E-state index is 3.57. The lowest BCUT2D eigenvalue weighted by Gasteiger charge is -2.36. The molecule has 0 radical (unpaired) electrons. The van der Waals surface area contributed by atoms with Crippen LogP contribution in [0, 0.1) is 5.92 Å². The summed E-state index contributed by atoms with van der Waals surface area (Å²) >= 11 is 0. The van der Waals surface area contributed by atoms with Gasteiger partial charge in [-0.2, -0.15) is 0 Å². The van der Waals surface area contributed by atoms with Crippen LogP contribution in [-0.4, -0.2) is 36.6 Å². The van der Waals surface area contributed by atoms with Crippen LogP contribution in [0.2, 0.25) is 0 Å². The minimum atomic E-state index is 0.665. The van der Waals surface area contributed by atoms with Gasteiger partial charge in [0.25, 0.3) is 0 Å². The van der Waals surface area contributed by atoms with Crippen molar-refractivity contribution in [3.8, 4) is 0 Å². The molecule has 2 heteroatoms. The van der Waals surface area contributed by atoms with Crippen molar-refractivity contribution in [2.75, 3.05) is 19.6 Å². The Morgan fingerprint density at radius 1 is 1.21 bits per heavy atom. The minimum absolute atomic E-state index is 0.665. The Labute approximate surface area is 89.1 Å². The highest BCUT2D eigenvalue weighted by Crippen LogP contribution is 2.08. The minimum Gasteiger partial charge on any atom is -0.309 e. The van der Waals surface area contributed by atoms with Crippen LogP contribution in [0.4, 0.5) is 0 Å². The van der Waals surface area contributed by atoms with E-state index in [4.69, 9.17) is 0 Å². The molecule has 0 saturated carbocycles. The molecule has 1 heterocycles. The number of nitrogens with one attached hydrogen (secondary N) is 1. The van der Waals surface area contributed by atoms with Crippen molar-refractivity contribution in [3.63, 3.8) is 0 Å². The molecule has 0 bridgehead atoms. The zero-order valence-electron chi connectivity index (χ0n) is 10.2. The van der Waals surface area contributed by atoms with E-state index in [1.807, 2.05) is 0 Å². The molecular weight excluding hydrogens is 172 g/mol. The van der Waals surface area contributed by atoms with Gasteiger partial charge in [-0.3, -0.25) is 0 Å². The largest absolute Gasteiger partial charge is 0.309 e. The Balaban J connectivity index is 2.17. The van der Waals surface area contributed by atoms with Crippen LogP contribution in [-0.2, 0) is 0 Å². The van der Waals surface area contributed by atoms with E-state index in [0.29, 0.717) is 12.1 Å². The highest BCUT2D eigenvalue weighted by atomic mass is 15.2. The van der Waals surface area contributed by atoms with Crippen molar-refractivity contribution in [1.29, 1.82) is 0 Å². The molecule has 0 amide bonds. The SMILES string of the molecule is CC(C)CCCN1CC(C)NC(C)C1. The molecule has 1 N–H and O–H groups in total. The van der Waals surface area contributed by atoms with Crippen molar-refractivity contribution in [3.05, 3.63) is 0 Å². The van der Waals surface area contributed by atoms with Crippen LogP contribution in [0.5, 0.6) is 0 Å². The lowest BCUT2D eigenvalue weighted by atomic mass is 10.1. The fourth-order valence-corrected chi connectivity index (χ4v) is 2.35. The smallest absolute Gasteiger partial charge is 0.0169 e. The molecular formula is C12H26N2. The molecule has 0 aliphatic carbocycles. The van der Waals surface area contributed by atoms with Gasteiger partial charge in [0, 0.05) is 25.2 Å². The molecule has 84 valence electrons. The summed E-state index contributed by atoms with van der Waals surface area (Å²) in [4.78, 5) is 2.61. The van der Waals surface area contributed by atoms with Crippen LogP contribution >= 0.6 is 0 Å². The van der Waals surface area contributed by atoms with E-state index in [2.05, 4.69) is 37.9 Å². The highest BCUT2D eigenvalue weighted by molar-refractivity contribution is 4.80. The van der Waals surface area contributed by atoms with Gasteiger partial charge in [-0.25, -0.2) is 0 Å². The number of nitrogens with zero attached hydrogens (tertiary/aromatic N) is 1. The molecule has 14 heavy (non-hydrogen) atoms. The van der Waals surface area contributed by atoms with E-state index in [1.165, 1.54) is 32.5 Å². The summed E-state index contributed by atoms with van der Waals surface area (Å²) in [6.07, 6.45) is 2.73. The van der Waals surface area contributed by atoms with Gasteiger partial charge in [0.1, 0.15) is 0 Å². The first-order valence-electron chi connectivity index (χ1n) is 6.06. The average Bonchev–Trinajstić information content (AvgIpc) is 2.01. The molecule has 1 aliphatic heterocycles. The normalized spacial score (nSPS) is 29.8. The molecule has 1 aliphatic rings. The number of hydrogen-bond donors (Lipinski definition) is 1. The van der Waals surface area contributed by atoms with Gasteiger partial charge >= 0.3 is 0 Å². The molecule has 1 rings (SSSR count). The van der Waals surface area contributed by atoms with Gasteiger partial charge in [0.2, 0.25) is 0 Å². The molecule has 0 aromatic rings. The molecule has 2 nitrogen and oxygen atoms in total. The molecule has 2 atom stereocenters. The van der Waals surface area contributed by atoms with Gasteiger partial charge in [0.15, 0.2) is 0 Å². The van der Waals surface area contributed by atoms with E-state index >= 15 is 0 Å². The van der Waals surface area contributed by atoms with Crippen LogP contribution in [0.1, 0.15) is 40.5 Å². The Morgan fingerprint density at radius 2 is 1.79 bits per heavy atom. The number of hydrogen-bond acceptors (Lipinski definition) is 2. The lowest BCUT2D eigenvalue weighted by molar-refractivity contribution is 0.169. The Morgan fingerprint density at radius 3 is 2.29 bits per heavy atom.